The summed E-state index contributed by atoms with van der Waals surface area (Å²) in [5.74, 6) is 0. The largest absolute Gasteiger partial charge is 0.333 e. The van der Waals surface area contributed by atoms with Crippen LogP contribution in [-0.4, -0.2) is 16.1 Å². The number of nitrogens with one attached hydrogen (secondary N) is 1. The summed E-state index contributed by atoms with van der Waals surface area (Å²) in [6.07, 6.45) is 5.08. The highest BCUT2D eigenvalue weighted by atomic mass is 35.5. The van der Waals surface area contributed by atoms with Crippen molar-refractivity contribution in [1.29, 1.82) is 0 Å². The van der Waals surface area contributed by atoms with Gasteiger partial charge in [0.25, 0.3) is 0 Å². The molecule has 0 aliphatic rings. The molecule has 0 radical (unpaired) electrons. The summed E-state index contributed by atoms with van der Waals surface area (Å²) in [5.41, 5.74) is 2.26. The minimum atomic E-state index is 0.775. The Morgan fingerprint density at radius 1 is 1.39 bits per heavy atom. The van der Waals surface area contributed by atoms with Crippen molar-refractivity contribution in [2.24, 2.45) is 0 Å². The number of imidazole rings is 1. The molecule has 0 bridgehead atoms. The van der Waals surface area contributed by atoms with E-state index in [1.807, 2.05) is 24.5 Å². The Morgan fingerprint density at radius 3 is 3.06 bits per heavy atom. The lowest BCUT2D eigenvalue weighted by Gasteiger charge is -2.02. The molecule has 0 saturated heterocycles. The molecule has 2 rings (SSSR count). The first-order valence-corrected chi connectivity index (χ1v) is 6.61. The third kappa shape index (κ3) is 3.86. The summed E-state index contributed by atoms with van der Waals surface area (Å²) < 4.78 is 2.08. The third-order valence-electron chi connectivity index (χ3n) is 2.67. The molecule has 1 heterocycles. The van der Waals surface area contributed by atoms with Crippen LogP contribution in [-0.2, 0) is 13.1 Å². The van der Waals surface area contributed by atoms with E-state index in [2.05, 4.69) is 34.1 Å². The van der Waals surface area contributed by atoms with Gasteiger partial charge in [0.05, 0.1) is 12.0 Å². The summed E-state index contributed by atoms with van der Waals surface area (Å²) >= 11 is 5.97. The SMILES string of the molecule is CCCNCc1cn(Cc2cccc(Cl)c2)cn1. The minimum absolute atomic E-state index is 0.775. The fourth-order valence-electron chi connectivity index (χ4n) is 1.82. The molecule has 18 heavy (non-hydrogen) atoms. The molecule has 0 unspecified atom stereocenters. The minimum Gasteiger partial charge on any atom is -0.333 e. The number of rotatable bonds is 6. The fourth-order valence-corrected chi connectivity index (χ4v) is 2.04. The lowest BCUT2D eigenvalue weighted by molar-refractivity contribution is 0.665. The van der Waals surface area contributed by atoms with Crippen LogP contribution in [0.5, 0.6) is 0 Å². The molecule has 2 aromatic rings. The highest BCUT2D eigenvalue weighted by molar-refractivity contribution is 6.30. The second-order valence-electron chi connectivity index (χ2n) is 4.34. The van der Waals surface area contributed by atoms with Gasteiger partial charge in [-0.05, 0) is 30.7 Å². The lowest BCUT2D eigenvalue weighted by Crippen LogP contribution is -2.13. The average molecular weight is 264 g/mol. The van der Waals surface area contributed by atoms with E-state index >= 15 is 0 Å². The number of nitrogens with zero attached hydrogens (tertiary/aromatic N) is 2. The van der Waals surface area contributed by atoms with Gasteiger partial charge in [0.15, 0.2) is 0 Å². The van der Waals surface area contributed by atoms with Crippen LogP contribution in [0.15, 0.2) is 36.8 Å². The molecule has 0 saturated carbocycles. The van der Waals surface area contributed by atoms with Crippen LogP contribution in [0, 0.1) is 0 Å². The van der Waals surface area contributed by atoms with Gasteiger partial charge in [0.2, 0.25) is 0 Å². The number of hydrogen-bond acceptors (Lipinski definition) is 2. The van der Waals surface area contributed by atoms with Crippen LogP contribution < -0.4 is 5.32 Å². The Kier molecular flexibility index (Phi) is 4.79. The second-order valence-corrected chi connectivity index (χ2v) is 4.78. The van der Waals surface area contributed by atoms with Gasteiger partial charge in [-0.25, -0.2) is 4.98 Å². The Bertz CT molecular complexity index is 493. The maximum atomic E-state index is 5.97. The molecule has 1 N–H and O–H groups in total. The van der Waals surface area contributed by atoms with Crippen LogP contribution >= 0.6 is 11.6 Å². The highest BCUT2D eigenvalue weighted by Crippen LogP contribution is 2.12. The maximum Gasteiger partial charge on any atom is 0.0953 e. The topological polar surface area (TPSA) is 29.9 Å². The van der Waals surface area contributed by atoms with Crippen molar-refractivity contribution in [2.75, 3.05) is 6.54 Å². The van der Waals surface area contributed by atoms with Gasteiger partial charge < -0.3 is 9.88 Å². The zero-order valence-electron chi connectivity index (χ0n) is 10.6. The summed E-state index contributed by atoms with van der Waals surface area (Å²) in [6.45, 7) is 4.82. The molecule has 4 heteroatoms. The molecule has 0 aliphatic heterocycles. The van der Waals surface area contributed by atoms with Gasteiger partial charge in [-0.1, -0.05) is 30.7 Å². The summed E-state index contributed by atoms with van der Waals surface area (Å²) in [5, 5.41) is 4.12. The van der Waals surface area contributed by atoms with Crippen molar-refractivity contribution in [2.45, 2.75) is 26.4 Å². The smallest absolute Gasteiger partial charge is 0.0953 e. The van der Waals surface area contributed by atoms with Crippen molar-refractivity contribution >= 4 is 11.6 Å². The predicted octanol–water partition coefficient (Wildman–Crippen LogP) is 3.08. The van der Waals surface area contributed by atoms with Crippen LogP contribution in [0.4, 0.5) is 0 Å². The average Bonchev–Trinajstić information content (AvgIpc) is 2.77. The molecule has 0 spiro atoms. The van der Waals surface area contributed by atoms with E-state index in [0.717, 1.165) is 36.8 Å². The first-order valence-electron chi connectivity index (χ1n) is 6.23. The zero-order chi connectivity index (χ0) is 12.8. The second kappa shape index (κ2) is 6.57. The monoisotopic (exact) mass is 263 g/mol. The molecule has 0 amide bonds. The first-order chi connectivity index (χ1) is 8.78. The molecule has 3 nitrogen and oxygen atoms in total. The van der Waals surface area contributed by atoms with Gasteiger partial charge in [-0.3, -0.25) is 0 Å². The van der Waals surface area contributed by atoms with Gasteiger partial charge in [-0.15, -0.1) is 0 Å². The summed E-state index contributed by atoms with van der Waals surface area (Å²) in [7, 11) is 0. The standard InChI is InChI=1S/C14H18ClN3/c1-2-6-16-8-14-10-18(11-17-14)9-12-4-3-5-13(15)7-12/h3-5,7,10-11,16H,2,6,8-9H2,1H3. The number of benzene rings is 1. The van der Waals surface area contributed by atoms with Crippen LogP contribution in [0.3, 0.4) is 0 Å². The third-order valence-corrected chi connectivity index (χ3v) is 2.91. The first kappa shape index (κ1) is 13.1. The normalized spacial score (nSPS) is 10.8. The summed E-state index contributed by atoms with van der Waals surface area (Å²) in [6, 6.07) is 7.91. The lowest BCUT2D eigenvalue weighted by atomic mass is 10.2. The maximum absolute atomic E-state index is 5.97. The van der Waals surface area contributed by atoms with E-state index in [-0.39, 0.29) is 0 Å². The van der Waals surface area contributed by atoms with Crippen LogP contribution in [0.2, 0.25) is 5.02 Å². The fraction of sp³-hybridized carbons (Fsp3) is 0.357. The molecule has 0 atom stereocenters. The molecule has 0 aliphatic carbocycles. The van der Waals surface area contributed by atoms with Crippen molar-refractivity contribution in [3.63, 3.8) is 0 Å². The number of aromatic nitrogens is 2. The molecule has 96 valence electrons. The van der Waals surface area contributed by atoms with Gasteiger partial charge in [0.1, 0.15) is 0 Å². The Labute approximate surface area is 113 Å². The van der Waals surface area contributed by atoms with E-state index in [1.165, 1.54) is 5.56 Å². The van der Waals surface area contributed by atoms with Gasteiger partial charge >= 0.3 is 0 Å². The molecule has 0 fully saturated rings. The Balaban J connectivity index is 1.94. The Morgan fingerprint density at radius 2 is 2.28 bits per heavy atom. The van der Waals surface area contributed by atoms with Crippen molar-refractivity contribution in [1.82, 2.24) is 14.9 Å². The van der Waals surface area contributed by atoms with Crippen molar-refractivity contribution in [3.8, 4) is 0 Å². The van der Waals surface area contributed by atoms with E-state index < -0.39 is 0 Å². The van der Waals surface area contributed by atoms with Gasteiger partial charge in [-0.2, -0.15) is 0 Å². The highest BCUT2D eigenvalue weighted by Gasteiger charge is 2.00. The predicted molar refractivity (Wildman–Crippen MR) is 74.8 cm³/mol. The van der Waals surface area contributed by atoms with Crippen molar-refractivity contribution < 1.29 is 0 Å². The molecular formula is C14H18ClN3. The zero-order valence-corrected chi connectivity index (χ0v) is 11.3. The molecular weight excluding hydrogens is 246 g/mol. The van der Waals surface area contributed by atoms with Gasteiger partial charge in [0, 0.05) is 24.3 Å². The molecule has 1 aromatic heterocycles. The quantitative estimate of drug-likeness (QED) is 0.812. The number of hydrogen-bond donors (Lipinski definition) is 1. The van der Waals surface area contributed by atoms with E-state index in [4.69, 9.17) is 11.6 Å². The summed E-state index contributed by atoms with van der Waals surface area (Å²) in [4.78, 5) is 4.37. The van der Waals surface area contributed by atoms with Crippen LogP contribution in [0.1, 0.15) is 24.6 Å². The Hall–Kier alpha value is -1.32. The van der Waals surface area contributed by atoms with E-state index in [9.17, 15) is 0 Å². The number of halogens is 1. The molecule has 1 aromatic carbocycles. The van der Waals surface area contributed by atoms with Crippen LogP contribution in [0.25, 0.3) is 0 Å². The van der Waals surface area contributed by atoms with E-state index in [1.54, 1.807) is 0 Å². The van der Waals surface area contributed by atoms with E-state index in [0.29, 0.717) is 0 Å². The van der Waals surface area contributed by atoms with Crippen molar-refractivity contribution in [3.05, 3.63) is 53.1 Å².